The van der Waals surface area contributed by atoms with Gasteiger partial charge in [-0.1, -0.05) is 140 Å². The molecule has 0 aliphatic heterocycles. The van der Waals surface area contributed by atoms with E-state index in [-0.39, 0.29) is 25.2 Å². The Balaban J connectivity index is 3.56. The average Bonchev–Trinajstić information content (AvgIpc) is 3.06. The van der Waals surface area contributed by atoms with Crippen LogP contribution in [0.3, 0.4) is 0 Å². The fourth-order valence-electron chi connectivity index (χ4n) is 4.91. The van der Waals surface area contributed by atoms with Crippen LogP contribution in [0.1, 0.15) is 162 Å². The van der Waals surface area contributed by atoms with Gasteiger partial charge >= 0.3 is 11.9 Å². The first kappa shape index (κ1) is 43.8. The minimum absolute atomic E-state index is 0.140. The molecule has 2 N–H and O–H groups in total. The van der Waals surface area contributed by atoms with E-state index in [2.05, 4.69) is 62.5 Å². The summed E-state index contributed by atoms with van der Waals surface area (Å²) in [6.07, 6.45) is 40.3. The highest BCUT2D eigenvalue weighted by molar-refractivity contribution is 5.69. The van der Waals surface area contributed by atoms with Crippen LogP contribution in [0.4, 0.5) is 0 Å². The van der Waals surface area contributed by atoms with Gasteiger partial charge in [0.2, 0.25) is 0 Å². The molecule has 0 saturated heterocycles. The van der Waals surface area contributed by atoms with Gasteiger partial charge in [-0.25, -0.2) is 0 Å². The maximum Gasteiger partial charge on any atom is 0.305 e. The zero-order valence-electron chi connectivity index (χ0n) is 29.7. The topological polar surface area (TPSA) is 93.1 Å². The molecule has 266 valence electrons. The predicted molar refractivity (Wildman–Crippen MR) is 193 cm³/mol. The lowest BCUT2D eigenvalue weighted by molar-refractivity contribution is -0.152. The van der Waals surface area contributed by atoms with E-state index in [9.17, 15) is 14.7 Å². The lowest BCUT2D eigenvalue weighted by Crippen LogP contribution is -2.25. The Bertz CT molecular complexity index is 800. The second-order valence-electron chi connectivity index (χ2n) is 12.7. The first-order valence-electron chi connectivity index (χ1n) is 18.7. The molecule has 0 saturated carbocycles. The van der Waals surface area contributed by atoms with Gasteiger partial charge < -0.3 is 19.7 Å². The summed E-state index contributed by atoms with van der Waals surface area (Å²) in [7, 11) is 0. The lowest BCUT2D eigenvalue weighted by atomic mass is 9.99. The minimum Gasteiger partial charge on any atom is -0.463 e. The van der Waals surface area contributed by atoms with Crippen LogP contribution < -0.4 is 0 Å². The van der Waals surface area contributed by atoms with Crippen LogP contribution in [-0.2, 0) is 19.1 Å². The molecule has 0 heterocycles. The largest absolute Gasteiger partial charge is 0.463 e. The highest BCUT2D eigenvalue weighted by Crippen LogP contribution is 2.15. The molecule has 0 aromatic carbocycles. The molecule has 0 fully saturated rings. The number of aliphatic hydroxyl groups is 2. The van der Waals surface area contributed by atoms with Crippen molar-refractivity contribution in [1.82, 2.24) is 0 Å². The molecule has 0 aliphatic carbocycles. The van der Waals surface area contributed by atoms with Crippen LogP contribution in [0.2, 0.25) is 0 Å². The van der Waals surface area contributed by atoms with Crippen molar-refractivity contribution in [1.29, 1.82) is 0 Å². The lowest BCUT2D eigenvalue weighted by Gasteiger charge is -2.12. The maximum atomic E-state index is 11.9. The molecule has 6 heteroatoms. The molecule has 0 aliphatic rings. The van der Waals surface area contributed by atoms with E-state index in [0.29, 0.717) is 25.9 Å². The van der Waals surface area contributed by atoms with Crippen LogP contribution in [0.25, 0.3) is 0 Å². The maximum absolute atomic E-state index is 11.9. The van der Waals surface area contributed by atoms with Crippen molar-refractivity contribution in [2.45, 2.75) is 168 Å². The second kappa shape index (κ2) is 35.7. The summed E-state index contributed by atoms with van der Waals surface area (Å²) in [5.41, 5.74) is 0. The Morgan fingerprint density at radius 1 is 0.565 bits per heavy atom. The van der Waals surface area contributed by atoms with Gasteiger partial charge in [-0.05, 0) is 63.7 Å². The highest BCUT2D eigenvalue weighted by atomic mass is 16.6. The first-order chi connectivity index (χ1) is 22.5. The summed E-state index contributed by atoms with van der Waals surface area (Å²) >= 11 is 0. The summed E-state index contributed by atoms with van der Waals surface area (Å²) in [4.78, 5) is 23.9. The molecule has 46 heavy (non-hydrogen) atoms. The first-order valence-corrected chi connectivity index (χ1v) is 18.7. The van der Waals surface area contributed by atoms with Crippen LogP contribution in [0, 0.1) is 5.92 Å². The Morgan fingerprint density at radius 3 is 1.48 bits per heavy atom. The van der Waals surface area contributed by atoms with Crippen molar-refractivity contribution in [3.8, 4) is 0 Å². The number of esters is 2. The van der Waals surface area contributed by atoms with Gasteiger partial charge in [-0.15, -0.1) is 0 Å². The number of carbonyl (C=O) groups is 2. The zero-order valence-corrected chi connectivity index (χ0v) is 29.7. The van der Waals surface area contributed by atoms with Crippen molar-refractivity contribution in [3.63, 3.8) is 0 Å². The van der Waals surface area contributed by atoms with Gasteiger partial charge in [-0.3, -0.25) is 9.59 Å². The van der Waals surface area contributed by atoms with E-state index < -0.39 is 6.10 Å². The number of hydrogen-bond donors (Lipinski definition) is 2. The molecule has 0 aromatic heterocycles. The van der Waals surface area contributed by atoms with Crippen molar-refractivity contribution in [2.24, 2.45) is 5.92 Å². The van der Waals surface area contributed by atoms with Gasteiger partial charge in [0.15, 0.2) is 0 Å². The normalized spacial score (nSPS) is 13.4. The molecule has 0 amide bonds. The van der Waals surface area contributed by atoms with Crippen LogP contribution in [-0.4, -0.2) is 48.1 Å². The number of carbonyl (C=O) groups excluding carboxylic acids is 2. The minimum atomic E-state index is -0.992. The quantitative estimate of drug-likeness (QED) is 0.0419. The zero-order chi connectivity index (χ0) is 33.8. The van der Waals surface area contributed by atoms with E-state index in [4.69, 9.17) is 14.6 Å². The number of aliphatic hydroxyl groups excluding tert-OH is 2. The van der Waals surface area contributed by atoms with Crippen LogP contribution in [0.5, 0.6) is 0 Å². The van der Waals surface area contributed by atoms with Crippen LogP contribution >= 0.6 is 0 Å². The monoisotopic (exact) mass is 647 g/mol. The number of hydrogen-bond acceptors (Lipinski definition) is 6. The van der Waals surface area contributed by atoms with Crippen molar-refractivity contribution >= 4 is 11.9 Å². The highest BCUT2D eigenvalue weighted by Gasteiger charge is 2.12. The number of rotatable bonds is 33. The molecule has 0 spiro atoms. The van der Waals surface area contributed by atoms with Gasteiger partial charge in [0.1, 0.15) is 19.3 Å². The predicted octanol–water partition coefficient (Wildman–Crippen LogP) is 10.3. The Morgan fingerprint density at radius 2 is 0.978 bits per heavy atom. The molecular weight excluding hydrogens is 576 g/mol. The molecule has 0 bridgehead atoms. The standard InChI is InChI=1S/C40H70O6/c1-3-37(2)31-27-23-19-15-12-13-17-21-25-29-33-40(44)46-36-38(42)35-45-39(43)32-28-24-20-16-11-9-7-5-4-6-8-10-14-18-22-26-30-34-41/h4,6-7,9-10,14,16,20,37-38,41-42H,3,5,8,11-13,15,17-19,21-36H2,1-2H3/b6-4-,9-7-,14-10-,20-16-/t37?,38-/m0/s1. The molecule has 2 atom stereocenters. The second-order valence-corrected chi connectivity index (χ2v) is 12.7. The molecular formula is C40H70O6. The molecule has 0 radical (unpaired) electrons. The molecule has 0 rings (SSSR count). The van der Waals surface area contributed by atoms with Crippen molar-refractivity contribution < 1.29 is 29.3 Å². The third-order valence-corrected chi connectivity index (χ3v) is 8.16. The number of allylic oxidation sites excluding steroid dienone is 8. The van der Waals surface area contributed by atoms with Gasteiger partial charge in [0, 0.05) is 19.4 Å². The van der Waals surface area contributed by atoms with E-state index in [1.54, 1.807) is 0 Å². The Labute approximate surface area is 282 Å². The average molecular weight is 647 g/mol. The third-order valence-electron chi connectivity index (χ3n) is 8.16. The van der Waals surface area contributed by atoms with Crippen molar-refractivity contribution in [2.75, 3.05) is 19.8 Å². The summed E-state index contributed by atoms with van der Waals surface area (Å²) in [6.45, 7) is 4.62. The van der Waals surface area contributed by atoms with E-state index >= 15 is 0 Å². The SMILES string of the molecule is CCC(C)CCCCCCCCCCCCC(=O)OC[C@@H](O)COC(=O)CCC/C=C\C/C=C\C/C=C\C/C=C\CCCCCO. The van der Waals surface area contributed by atoms with Gasteiger partial charge in [0.05, 0.1) is 0 Å². The molecule has 0 aromatic rings. The Hall–Kier alpha value is -2.18. The Kier molecular flexibility index (Phi) is 34.0. The van der Waals surface area contributed by atoms with Gasteiger partial charge in [-0.2, -0.15) is 0 Å². The van der Waals surface area contributed by atoms with E-state index in [1.165, 1.54) is 57.8 Å². The third kappa shape index (κ3) is 34.7. The number of ether oxygens (including phenoxy) is 2. The summed E-state index contributed by atoms with van der Waals surface area (Å²) in [6, 6.07) is 0. The van der Waals surface area contributed by atoms with Crippen LogP contribution in [0.15, 0.2) is 48.6 Å². The molecule has 6 nitrogen and oxygen atoms in total. The summed E-state index contributed by atoms with van der Waals surface area (Å²) in [5, 5.41) is 18.7. The van der Waals surface area contributed by atoms with Gasteiger partial charge in [0.25, 0.3) is 0 Å². The molecule has 1 unspecified atom stereocenters. The summed E-state index contributed by atoms with van der Waals surface area (Å²) in [5.74, 6) is 0.228. The fourth-order valence-corrected chi connectivity index (χ4v) is 4.91. The fraction of sp³-hybridized carbons (Fsp3) is 0.750. The number of unbranched alkanes of at least 4 members (excludes halogenated alkanes) is 13. The van der Waals surface area contributed by atoms with E-state index in [0.717, 1.165) is 76.5 Å². The van der Waals surface area contributed by atoms with E-state index in [1.807, 2.05) is 0 Å². The smallest absolute Gasteiger partial charge is 0.305 e. The van der Waals surface area contributed by atoms with Crippen molar-refractivity contribution in [3.05, 3.63) is 48.6 Å². The summed E-state index contributed by atoms with van der Waals surface area (Å²) < 4.78 is 10.3.